The van der Waals surface area contributed by atoms with Crippen molar-refractivity contribution in [3.8, 4) is 11.5 Å². The Kier molecular flexibility index (Phi) is 8.21. The maximum atomic E-state index is 13.5. The van der Waals surface area contributed by atoms with Crippen molar-refractivity contribution in [1.29, 1.82) is 0 Å². The molecule has 7 heteroatoms. The van der Waals surface area contributed by atoms with Crippen LogP contribution in [0.2, 0.25) is 0 Å². The fourth-order valence-corrected chi connectivity index (χ4v) is 5.32. The van der Waals surface area contributed by atoms with E-state index in [4.69, 9.17) is 19.3 Å². The van der Waals surface area contributed by atoms with Gasteiger partial charge in [0.05, 0.1) is 45.1 Å². The molecule has 0 N–H and O–H groups in total. The van der Waals surface area contributed by atoms with E-state index in [-0.39, 0.29) is 17.7 Å². The van der Waals surface area contributed by atoms with E-state index >= 15 is 0 Å². The first-order valence-electron chi connectivity index (χ1n) is 13.4. The summed E-state index contributed by atoms with van der Waals surface area (Å²) in [5, 5.41) is 6.62. The van der Waals surface area contributed by atoms with Crippen molar-refractivity contribution in [3.63, 3.8) is 0 Å². The number of fused-ring (bicyclic) bond motifs is 1. The Morgan fingerprint density at radius 1 is 0.946 bits per heavy atom. The fourth-order valence-electron chi connectivity index (χ4n) is 5.32. The lowest BCUT2D eigenvalue weighted by Gasteiger charge is -2.37. The molecule has 1 aliphatic carbocycles. The molecular weight excluding hydrogens is 466 g/mol. The van der Waals surface area contributed by atoms with Crippen LogP contribution < -0.4 is 9.47 Å². The summed E-state index contributed by atoms with van der Waals surface area (Å²) in [6.07, 6.45) is 6.77. The van der Waals surface area contributed by atoms with E-state index in [0.29, 0.717) is 24.7 Å². The Hall–Kier alpha value is -3.16. The van der Waals surface area contributed by atoms with Gasteiger partial charge in [0, 0.05) is 31.1 Å². The first-order valence-corrected chi connectivity index (χ1v) is 13.4. The normalized spacial score (nSPS) is 21.9. The van der Waals surface area contributed by atoms with Crippen molar-refractivity contribution < 1.29 is 19.0 Å². The minimum absolute atomic E-state index is 0.0667. The molecule has 0 saturated carbocycles. The number of hydrogen-bond donors (Lipinski definition) is 0. The molecule has 7 nitrogen and oxygen atoms in total. The highest BCUT2D eigenvalue weighted by Crippen LogP contribution is 2.37. The Balaban J connectivity index is 1.38. The largest absolute Gasteiger partial charge is 0.493 e. The lowest BCUT2D eigenvalue weighted by Crippen LogP contribution is -2.45. The number of carbonyl (C=O) groups excluding carboxylic acids is 1. The van der Waals surface area contributed by atoms with Crippen LogP contribution in [0.15, 0.2) is 59.7 Å². The summed E-state index contributed by atoms with van der Waals surface area (Å²) in [7, 11) is 1.65. The Morgan fingerprint density at radius 2 is 1.65 bits per heavy atom. The van der Waals surface area contributed by atoms with Crippen LogP contribution in [-0.4, -0.2) is 61.5 Å². The van der Waals surface area contributed by atoms with Gasteiger partial charge in [-0.2, -0.15) is 5.10 Å². The van der Waals surface area contributed by atoms with E-state index in [9.17, 15) is 4.79 Å². The number of methoxy groups -OCH3 is 1. The van der Waals surface area contributed by atoms with Crippen LogP contribution in [0.25, 0.3) is 0 Å². The molecule has 2 heterocycles. The molecule has 2 atom stereocenters. The molecular formula is C30H37N3O4. The topological polar surface area (TPSA) is 63.6 Å². The zero-order valence-corrected chi connectivity index (χ0v) is 21.9. The Bertz CT molecular complexity index is 1140. The van der Waals surface area contributed by atoms with E-state index in [0.717, 1.165) is 68.9 Å². The summed E-state index contributed by atoms with van der Waals surface area (Å²) >= 11 is 0. The van der Waals surface area contributed by atoms with Gasteiger partial charge in [-0.15, -0.1) is 0 Å². The zero-order chi connectivity index (χ0) is 25.6. The maximum Gasteiger partial charge on any atom is 0.247 e. The summed E-state index contributed by atoms with van der Waals surface area (Å²) in [4.78, 5) is 15.9. The lowest BCUT2D eigenvalue weighted by molar-refractivity contribution is -0.138. The van der Waals surface area contributed by atoms with E-state index in [2.05, 4.69) is 48.2 Å². The second-order valence-electron chi connectivity index (χ2n) is 9.96. The van der Waals surface area contributed by atoms with Gasteiger partial charge in [-0.05, 0) is 48.6 Å². The van der Waals surface area contributed by atoms with Crippen molar-refractivity contribution in [1.82, 2.24) is 9.91 Å². The van der Waals surface area contributed by atoms with Gasteiger partial charge in [-0.3, -0.25) is 9.69 Å². The van der Waals surface area contributed by atoms with Gasteiger partial charge in [0.25, 0.3) is 0 Å². The van der Waals surface area contributed by atoms with Crippen LogP contribution in [0.3, 0.4) is 0 Å². The second-order valence-corrected chi connectivity index (χ2v) is 9.96. The molecule has 2 aliphatic heterocycles. The van der Waals surface area contributed by atoms with E-state index < -0.39 is 0 Å². The number of amides is 1. The predicted octanol–water partition coefficient (Wildman–Crippen LogP) is 4.65. The SMILES string of the molecule is CCCOc1cc(C2=NN(Cc3ccc(CN4CCOCC4)cc3)C(=O)[C@H]3CC=CC[C@@H]23)ccc1OC. The number of rotatable bonds is 9. The molecule has 37 heavy (non-hydrogen) atoms. The number of hydrazone groups is 1. The van der Waals surface area contributed by atoms with Gasteiger partial charge in [0.2, 0.25) is 5.91 Å². The van der Waals surface area contributed by atoms with Gasteiger partial charge in [-0.25, -0.2) is 5.01 Å². The highest BCUT2D eigenvalue weighted by atomic mass is 16.5. The van der Waals surface area contributed by atoms with Gasteiger partial charge in [0.15, 0.2) is 11.5 Å². The summed E-state index contributed by atoms with van der Waals surface area (Å²) in [6, 6.07) is 14.5. The molecule has 0 spiro atoms. The number of allylic oxidation sites excluding steroid dienone is 2. The van der Waals surface area contributed by atoms with Gasteiger partial charge in [0.1, 0.15) is 0 Å². The molecule has 1 amide bonds. The molecule has 1 saturated heterocycles. The van der Waals surface area contributed by atoms with Crippen molar-refractivity contribution in [3.05, 3.63) is 71.3 Å². The third-order valence-electron chi connectivity index (χ3n) is 7.37. The molecule has 2 aromatic rings. The quantitative estimate of drug-likeness (QED) is 0.467. The monoisotopic (exact) mass is 503 g/mol. The molecule has 5 rings (SSSR count). The summed E-state index contributed by atoms with van der Waals surface area (Å²) in [5.74, 6) is 1.49. The fraction of sp³-hybridized carbons (Fsp3) is 0.467. The third-order valence-corrected chi connectivity index (χ3v) is 7.37. The van der Waals surface area contributed by atoms with Crippen molar-refractivity contribution >= 4 is 11.6 Å². The maximum absolute atomic E-state index is 13.5. The first kappa shape index (κ1) is 25.5. The zero-order valence-electron chi connectivity index (χ0n) is 21.9. The number of ether oxygens (including phenoxy) is 3. The average Bonchev–Trinajstić information content (AvgIpc) is 2.95. The minimum Gasteiger partial charge on any atom is -0.493 e. The molecule has 3 aliphatic rings. The van der Waals surface area contributed by atoms with Crippen LogP contribution in [-0.2, 0) is 22.6 Å². The van der Waals surface area contributed by atoms with E-state index in [1.165, 1.54) is 5.56 Å². The smallest absolute Gasteiger partial charge is 0.247 e. The van der Waals surface area contributed by atoms with Crippen molar-refractivity contribution in [2.24, 2.45) is 16.9 Å². The first-order chi connectivity index (χ1) is 18.2. The van der Waals surface area contributed by atoms with Crippen molar-refractivity contribution in [2.75, 3.05) is 40.0 Å². The predicted molar refractivity (Wildman–Crippen MR) is 144 cm³/mol. The molecule has 0 aromatic heterocycles. The molecule has 1 fully saturated rings. The molecule has 0 bridgehead atoms. The Morgan fingerprint density at radius 3 is 2.35 bits per heavy atom. The van der Waals surface area contributed by atoms with Crippen molar-refractivity contribution in [2.45, 2.75) is 39.3 Å². The van der Waals surface area contributed by atoms with Crippen LogP contribution in [0.5, 0.6) is 11.5 Å². The summed E-state index contributed by atoms with van der Waals surface area (Å²) < 4.78 is 16.9. The van der Waals surface area contributed by atoms with Crippen LogP contribution in [0, 0.1) is 11.8 Å². The number of hydrogen-bond acceptors (Lipinski definition) is 6. The van der Waals surface area contributed by atoms with Gasteiger partial charge < -0.3 is 14.2 Å². The van der Waals surface area contributed by atoms with Gasteiger partial charge in [-0.1, -0.05) is 43.3 Å². The summed E-state index contributed by atoms with van der Waals surface area (Å²) in [5.41, 5.74) is 4.28. The molecule has 196 valence electrons. The van der Waals surface area contributed by atoms with Gasteiger partial charge >= 0.3 is 0 Å². The standard InChI is InChI=1S/C30H37N3O4/c1-3-16-37-28-19-24(12-13-27(28)35-2)29-25-6-4-5-7-26(25)30(34)33(31-29)21-23-10-8-22(9-11-23)20-32-14-17-36-18-15-32/h4-5,8-13,19,25-26H,3,6-7,14-18,20-21H2,1-2H3/t25-,26+/m1/s1. The Labute approximate surface area is 219 Å². The van der Waals surface area contributed by atoms with Crippen LogP contribution in [0.1, 0.15) is 42.9 Å². The third kappa shape index (κ3) is 5.89. The average molecular weight is 504 g/mol. The number of nitrogens with zero attached hydrogens (tertiary/aromatic N) is 3. The number of morpholine rings is 1. The number of benzene rings is 2. The van der Waals surface area contributed by atoms with E-state index in [1.54, 1.807) is 12.1 Å². The second kappa shape index (κ2) is 11.9. The van der Waals surface area contributed by atoms with Crippen LogP contribution in [0.4, 0.5) is 0 Å². The van der Waals surface area contributed by atoms with Crippen LogP contribution >= 0.6 is 0 Å². The highest BCUT2D eigenvalue weighted by Gasteiger charge is 2.40. The highest BCUT2D eigenvalue weighted by molar-refractivity contribution is 6.07. The molecule has 2 aromatic carbocycles. The molecule has 0 radical (unpaired) electrons. The summed E-state index contributed by atoms with van der Waals surface area (Å²) in [6.45, 7) is 7.62. The molecule has 0 unspecified atom stereocenters. The number of carbonyl (C=O) groups is 1. The van der Waals surface area contributed by atoms with E-state index in [1.807, 2.05) is 18.2 Å². The lowest BCUT2D eigenvalue weighted by atomic mass is 9.76. The minimum atomic E-state index is -0.0970.